The molecule has 2 saturated carbocycles. The van der Waals surface area contributed by atoms with E-state index in [1.165, 1.54) is 43.4 Å². The summed E-state index contributed by atoms with van der Waals surface area (Å²) in [4.78, 5) is 0. The lowest BCUT2D eigenvalue weighted by molar-refractivity contribution is 0.249. The van der Waals surface area contributed by atoms with Gasteiger partial charge in [0.05, 0.1) is 0 Å². The Morgan fingerprint density at radius 1 is 1.16 bits per heavy atom. The van der Waals surface area contributed by atoms with Crippen molar-refractivity contribution < 1.29 is 0 Å². The van der Waals surface area contributed by atoms with Gasteiger partial charge in [0.1, 0.15) is 0 Å². The molecule has 104 valence electrons. The second-order valence-corrected chi connectivity index (χ2v) is 6.99. The van der Waals surface area contributed by atoms with E-state index in [1.54, 1.807) is 5.56 Å². The molecule has 1 aromatic carbocycles. The molecule has 0 radical (unpaired) electrons. The molecule has 19 heavy (non-hydrogen) atoms. The predicted molar refractivity (Wildman–Crippen MR) is 81.4 cm³/mol. The summed E-state index contributed by atoms with van der Waals surface area (Å²) in [6.45, 7) is 9.09. The molecule has 2 aliphatic rings. The minimum atomic E-state index is 0.542. The monoisotopic (exact) mass is 257 g/mol. The van der Waals surface area contributed by atoms with Crippen LogP contribution in [0.3, 0.4) is 0 Å². The summed E-state index contributed by atoms with van der Waals surface area (Å²) in [5, 5.41) is 3.63. The van der Waals surface area contributed by atoms with Gasteiger partial charge in [-0.2, -0.15) is 0 Å². The maximum Gasteiger partial charge on any atom is 0.00111 e. The lowest BCUT2D eigenvalue weighted by Crippen LogP contribution is -2.35. The highest BCUT2D eigenvalue weighted by molar-refractivity contribution is 5.35. The summed E-state index contributed by atoms with van der Waals surface area (Å²) in [5.41, 5.74) is 5.12. The molecule has 0 aromatic heterocycles. The molecule has 1 aromatic rings. The Balaban J connectivity index is 1.81. The van der Waals surface area contributed by atoms with E-state index in [-0.39, 0.29) is 0 Å². The van der Waals surface area contributed by atoms with Crippen LogP contribution < -0.4 is 5.32 Å². The van der Waals surface area contributed by atoms with Crippen LogP contribution in [0.2, 0.25) is 0 Å². The van der Waals surface area contributed by atoms with Crippen molar-refractivity contribution in [1.82, 2.24) is 5.32 Å². The Hall–Kier alpha value is -0.820. The quantitative estimate of drug-likeness (QED) is 0.844. The molecule has 2 aliphatic carbocycles. The van der Waals surface area contributed by atoms with Gasteiger partial charge in [-0.15, -0.1) is 0 Å². The first-order valence-corrected chi connectivity index (χ1v) is 7.89. The van der Waals surface area contributed by atoms with Crippen molar-refractivity contribution in [3.63, 3.8) is 0 Å². The summed E-state index contributed by atoms with van der Waals surface area (Å²) < 4.78 is 0. The minimum absolute atomic E-state index is 0.542. The van der Waals surface area contributed by atoms with Crippen LogP contribution in [0.1, 0.15) is 42.9 Å². The number of aryl methyl sites for hydroxylation is 2. The SMILES string of the molecule is CCNCC1(Cc2c(C)cccc2C)CC2CC2C1. The van der Waals surface area contributed by atoms with Crippen LogP contribution in [0.5, 0.6) is 0 Å². The second kappa shape index (κ2) is 4.94. The Labute approximate surface area is 117 Å². The number of benzene rings is 1. The van der Waals surface area contributed by atoms with Crippen LogP contribution >= 0.6 is 0 Å². The first kappa shape index (κ1) is 13.2. The van der Waals surface area contributed by atoms with Gasteiger partial charge in [-0.1, -0.05) is 25.1 Å². The van der Waals surface area contributed by atoms with Gasteiger partial charge in [-0.25, -0.2) is 0 Å². The number of nitrogens with one attached hydrogen (secondary N) is 1. The average molecular weight is 257 g/mol. The van der Waals surface area contributed by atoms with Gasteiger partial charge in [0.15, 0.2) is 0 Å². The summed E-state index contributed by atoms with van der Waals surface area (Å²) in [7, 11) is 0. The van der Waals surface area contributed by atoms with Crippen molar-refractivity contribution in [2.75, 3.05) is 13.1 Å². The highest BCUT2D eigenvalue weighted by atomic mass is 14.9. The Bertz CT molecular complexity index is 433. The average Bonchev–Trinajstić information content (AvgIpc) is 3.00. The topological polar surface area (TPSA) is 12.0 Å². The van der Waals surface area contributed by atoms with Gasteiger partial charge in [-0.05, 0) is 80.0 Å². The van der Waals surface area contributed by atoms with Crippen molar-refractivity contribution in [2.24, 2.45) is 17.3 Å². The van der Waals surface area contributed by atoms with Crippen LogP contribution in [0.15, 0.2) is 18.2 Å². The minimum Gasteiger partial charge on any atom is -0.316 e. The van der Waals surface area contributed by atoms with Crippen molar-refractivity contribution in [3.8, 4) is 0 Å². The van der Waals surface area contributed by atoms with Crippen molar-refractivity contribution >= 4 is 0 Å². The van der Waals surface area contributed by atoms with E-state index in [0.29, 0.717) is 5.41 Å². The maximum absolute atomic E-state index is 3.63. The summed E-state index contributed by atoms with van der Waals surface area (Å²) in [6, 6.07) is 6.75. The van der Waals surface area contributed by atoms with Crippen molar-refractivity contribution in [3.05, 3.63) is 34.9 Å². The number of fused-ring (bicyclic) bond motifs is 1. The normalized spacial score (nSPS) is 32.4. The zero-order valence-electron chi connectivity index (χ0n) is 12.6. The van der Waals surface area contributed by atoms with Crippen molar-refractivity contribution in [2.45, 2.75) is 46.5 Å². The van der Waals surface area contributed by atoms with Crippen molar-refractivity contribution in [1.29, 1.82) is 0 Å². The molecular formula is C18H27N. The molecule has 2 fully saturated rings. The molecule has 1 N–H and O–H groups in total. The van der Waals surface area contributed by atoms with Gasteiger partial charge in [0.25, 0.3) is 0 Å². The van der Waals surface area contributed by atoms with Gasteiger partial charge in [0.2, 0.25) is 0 Å². The van der Waals surface area contributed by atoms with E-state index in [0.717, 1.165) is 18.4 Å². The van der Waals surface area contributed by atoms with Crippen LogP contribution in [0.4, 0.5) is 0 Å². The van der Waals surface area contributed by atoms with E-state index in [1.807, 2.05) is 0 Å². The van der Waals surface area contributed by atoms with Gasteiger partial charge >= 0.3 is 0 Å². The van der Waals surface area contributed by atoms with E-state index in [4.69, 9.17) is 0 Å². The fourth-order valence-electron chi connectivity index (χ4n) is 4.25. The molecule has 1 heteroatoms. The smallest absolute Gasteiger partial charge is 0.00111 e. The fourth-order valence-corrected chi connectivity index (χ4v) is 4.25. The van der Waals surface area contributed by atoms with Gasteiger partial charge in [0, 0.05) is 6.54 Å². The summed E-state index contributed by atoms with van der Waals surface area (Å²) in [6.07, 6.45) is 5.71. The van der Waals surface area contributed by atoms with Crippen LogP contribution in [-0.4, -0.2) is 13.1 Å². The molecule has 2 atom stereocenters. The van der Waals surface area contributed by atoms with E-state index in [2.05, 4.69) is 44.3 Å². The van der Waals surface area contributed by atoms with Crippen LogP contribution in [0.25, 0.3) is 0 Å². The summed E-state index contributed by atoms with van der Waals surface area (Å²) >= 11 is 0. The largest absolute Gasteiger partial charge is 0.316 e. The van der Waals surface area contributed by atoms with Crippen LogP contribution in [-0.2, 0) is 6.42 Å². The Morgan fingerprint density at radius 2 is 1.79 bits per heavy atom. The third-order valence-corrected chi connectivity index (χ3v) is 5.41. The molecule has 0 aliphatic heterocycles. The second-order valence-electron chi connectivity index (χ2n) is 6.99. The Kier molecular flexibility index (Phi) is 3.42. The number of hydrogen-bond donors (Lipinski definition) is 1. The first-order chi connectivity index (χ1) is 9.13. The van der Waals surface area contributed by atoms with E-state index < -0.39 is 0 Å². The zero-order chi connectivity index (χ0) is 13.5. The summed E-state index contributed by atoms with van der Waals surface area (Å²) in [5.74, 6) is 2.12. The highest BCUT2D eigenvalue weighted by Crippen LogP contribution is 2.60. The maximum atomic E-state index is 3.63. The third-order valence-electron chi connectivity index (χ3n) is 5.41. The lowest BCUT2D eigenvalue weighted by Gasteiger charge is -2.32. The first-order valence-electron chi connectivity index (χ1n) is 7.89. The van der Waals surface area contributed by atoms with Crippen LogP contribution in [0, 0.1) is 31.1 Å². The predicted octanol–water partition coefficient (Wildman–Crippen LogP) is 3.87. The third kappa shape index (κ3) is 2.58. The Morgan fingerprint density at radius 3 is 2.37 bits per heavy atom. The number of rotatable bonds is 5. The molecular weight excluding hydrogens is 230 g/mol. The standard InChI is InChI=1S/C18H27N/c1-4-19-12-18(9-15-8-16(15)10-18)11-17-13(2)6-5-7-14(17)3/h5-7,15-16,19H,4,8-12H2,1-3H3. The molecule has 3 rings (SSSR count). The highest BCUT2D eigenvalue weighted by Gasteiger charge is 2.53. The molecule has 0 bridgehead atoms. The van der Waals surface area contributed by atoms with Gasteiger partial charge in [-0.3, -0.25) is 0 Å². The molecule has 2 unspecified atom stereocenters. The molecule has 0 amide bonds. The lowest BCUT2D eigenvalue weighted by atomic mass is 9.75. The fraction of sp³-hybridized carbons (Fsp3) is 0.667. The zero-order valence-corrected chi connectivity index (χ0v) is 12.6. The van der Waals surface area contributed by atoms with E-state index in [9.17, 15) is 0 Å². The number of hydrogen-bond acceptors (Lipinski definition) is 1. The molecule has 0 spiro atoms. The van der Waals surface area contributed by atoms with E-state index >= 15 is 0 Å². The molecule has 0 heterocycles. The van der Waals surface area contributed by atoms with Gasteiger partial charge < -0.3 is 5.32 Å². The molecule has 0 saturated heterocycles. The molecule has 1 nitrogen and oxygen atoms in total.